The number of benzene rings is 1. The van der Waals surface area contributed by atoms with Crippen molar-refractivity contribution in [1.82, 2.24) is 0 Å². The molecular weight excluding hydrogens is 226 g/mol. The van der Waals surface area contributed by atoms with E-state index in [1.807, 2.05) is 24.3 Å². The van der Waals surface area contributed by atoms with Crippen molar-refractivity contribution >= 4 is 9.84 Å². The van der Waals surface area contributed by atoms with Crippen molar-refractivity contribution in [3.63, 3.8) is 0 Å². The van der Waals surface area contributed by atoms with E-state index >= 15 is 0 Å². The van der Waals surface area contributed by atoms with Gasteiger partial charge < -0.3 is 10.5 Å². The van der Waals surface area contributed by atoms with Crippen LogP contribution in [0.1, 0.15) is 5.56 Å². The van der Waals surface area contributed by atoms with Crippen LogP contribution in [0.25, 0.3) is 0 Å². The van der Waals surface area contributed by atoms with E-state index in [-0.39, 0.29) is 24.2 Å². The molecule has 0 saturated heterocycles. The van der Waals surface area contributed by atoms with E-state index in [1.165, 1.54) is 0 Å². The normalized spacial score (nSPS) is 19.2. The van der Waals surface area contributed by atoms with Crippen LogP contribution < -0.4 is 10.5 Å². The van der Waals surface area contributed by atoms with E-state index in [4.69, 9.17) is 10.5 Å². The van der Waals surface area contributed by atoms with Crippen LogP contribution in [0, 0.1) is 0 Å². The molecule has 5 heteroatoms. The lowest BCUT2D eigenvalue weighted by Crippen LogP contribution is -2.29. The molecule has 1 aliphatic heterocycles. The summed E-state index contributed by atoms with van der Waals surface area (Å²) in [7, 11) is -3.08. The number of para-hydroxylation sites is 1. The Morgan fingerprint density at radius 3 is 2.81 bits per heavy atom. The van der Waals surface area contributed by atoms with Gasteiger partial charge in [-0.3, -0.25) is 0 Å². The lowest BCUT2D eigenvalue weighted by Gasteiger charge is -2.10. The molecule has 0 saturated carbocycles. The molecule has 1 aliphatic rings. The summed E-state index contributed by atoms with van der Waals surface area (Å²) in [6.07, 6.45) is 0.411. The average molecular weight is 241 g/mol. The van der Waals surface area contributed by atoms with Gasteiger partial charge >= 0.3 is 0 Å². The minimum Gasteiger partial charge on any atom is -0.489 e. The first kappa shape index (κ1) is 11.4. The molecular formula is C11H15NO3S. The zero-order valence-electron chi connectivity index (χ0n) is 8.93. The molecule has 1 aromatic rings. The van der Waals surface area contributed by atoms with Crippen molar-refractivity contribution in [2.75, 3.05) is 18.1 Å². The topological polar surface area (TPSA) is 69.4 Å². The van der Waals surface area contributed by atoms with Gasteiger partial charge in [0.2, 0.25) is 0 Å². The van der Waals surface area contributed by atoms with E-state index in [0.717, 1.165) is 11.3 Å². The Balaban J connectivity index is 2.02. The zero-order valence-corrected chi connectivity index (χ0v) is 9.74. The van der Waals surface area contributed by atoms with Crippen molar-refractivity contribution in [2.45, 2.75) is 12.5 Å². The van der Waals surface area contributed by atoms with Crippen LogP contribution in [0.3, 0.4) is 0 Å². The molecule has 1 unspecified atom stereocenters. The Bertz CT molecular complexity index is 445. The van der Waals surface area contributed by atoms with Gasteiger partial charge in [-0.1, -0.05) is 18.2 Å². The molecule has 16 heavy (non-hydrogen) atoms. The van der Waals surface area contributed by atoms with Crippen LogP contribution in [0.2, 0.25) is 0 Å². The molecule has 0 spiro atoms. The molecule has 2 rings (SSSR count). The minimum atomic E-state index is -3.08. The van der Waals surface area contributed by atoms with Crippen LogP contribution in [-0.4, -0.2) is 32.6 Å². The predicted molar refractivity (Wildman–Crippen MR) is 62.3 cm³/mol. The standard InChI is InChI=1S/C11H15NO3S/c12-5-6-16(13,14)8-10-7-9-3-1-2-4-11(9)15-10/h1-4,10H,5-8,12H2. The SMILES string of the molecule is NCCS(=O)(=O)CC1Cc2ccccc2O1. The molecule has 2 N–H and O–H groups in total. The van der Waals surface area contributed by atoms with Crippen LogP contribution in [0.5, 0.6) is 5.75 Å². The zero-order chi connectivity index (χ0) is 11.6. The van der Waals surface area contributed by atoms with E-state index in [0.29, 0.717) is 6.42 Å². The summed E-state index contributed by atoms with van der Waals surface area (Å²) in [6, 6.07) is 7.64. The van der Waals surface area contributed by atoms with Crippen molar-refractivity contribution in [3.05, 3.63) is 29.8 Å². The molecule has 0 aliphatic carbocycles. The highest BCUT2D eigenvalue weighted by Gasteiger charge is 2.27. The van der Waals surface area contributed by atoms with Crippen molar-refractivity contribution in [3.8, 4) is 5.75 Å². The van der Waals surface area contributed by atoms with Gasteiger partial charge in [-0.25, -0.2) is 8.42 Å². The number of hydrogen-bond donors (Lipinski definition) is 1. The number of sulfone groups is 1. The van der Waals surface area contributed by atoms with Crippen LogP contribution in [0.15, 0.2) is 24.3 Å². The molecule has 0 bridgehead atoms. The fraction of sp³-hybridized carbons (Fsp3) is 0.455. The Labute approximate surface area is 95.3 Å². The van der Waals surface area contributed by atoms with Gasteiger partial charge in [-0.05, 0) is 11.6 Å². The third-order valence-electron chi connectivity index (χ3n) is 2.58. The monoisotopic (exact) mass is 241 g/mol. The summed E-state index contributed by atoms with van der Waals surface area (Å²) < 4.78 is 28.7. The van der Waals surface area contributed by atoms with Gasteiger partial charge in [0.1, 0.15) is 11.9 Å². The summed E-state index contributed by atoms with van der Waals surface area (Å²) >= 11 is 0. The van der Waals surface area contributed by atoms with Gasteiger partial charge in [0.25, 0.3) is 0 Å². The highest BCUT2D eigenvalue weighted by atomic mass is 32.2. The van der Waals surface area contributed by atoms with E-state index in [1.54, 1.807) is 0 Å². The third-order valence-corrected chi connectivity index (χ3v) is 4.32. The second-order valence-corrected chi connectivity index (χ2v) is 6.18. The summed E-state index contributed by atoms with van der Waals surface area (Å²) in [5, 5.41) is 0. The van der Waals surface area contributed by atoms with Crippen LogP contribution in [0.4, 0.5) is 0 Å². The van der Waals surface area contributed by atoms with Gasteiger partial charge in [-0.2, -0.15) is 0 Å². The smallest absolute Gasteiger partial charge is 0.155 e. The molecule has 0 fully saturated rings. The van der Waals surface area contributed by atoms with E-state index < -0.39 is 9.84 Å². The number of rotatable bonds is 4. The number of hydrogen-bond acceptors (Lipinski definition) is 4. The third kappa shape index (κ3) is 2.54. The Morgan fingerprint density at radius 1 is 1.38 bits per heavy atom. The summed E-state index contributed by atoms with van der Waals surface area (Å²) in [4.78, 5) is 0. The molecule has 1 atom stereocenters. The summed E-state index contributed by atoms with van der Waals surface area (Å²) in [6.45, 7) is 0.169. The Morgan fingerprint density at radius 2 is 2.12 bits per heavy atom. The van der Waals surface area contributed by atoms with Crippen LogP contribution >= 0.6 is 0 Å². The van der Waals surface area contributed by atoms with Crippen molar-refractivity contribution in [2.24, 2.45) is 5.73 Å². The van der Waals surface area contributed by atoms with Crippen molar-refractivity contribution < 1.29 is 13.2 Å². The number of nitrogens with two attached hydrogens (primary N) is 1. The molecule has 4 nitrogen and oxygen atoms in total. The maximum atomic E-state index is 11.6. The quantitative estimate of drug-likeness (QED) is 0.826. The van der Waals surface area contributed by atoms with Crippen molar-refractivity contribution in [1.29, 1.82) is 0 Å². The van der Waals surface area contributed by atoms with Gasteiger partial charge in [0.05, 0.1) is 11.5 Å². The van der Waals surface area contributed by atoms with Crippen LogP contribution in [-0.2, 0) is 16.3 Å². The lowest BCUT2D eigenvalue weighted by atomic mass is 10.1. The molecule has 1 aromatic carbocycles. The first-order valence-corrected chi connectivity index (χ1v) is 7.08. The highest BCUT2D eigenvalue weighted by Crippen LogP contribution is 2.28. The maximum Gasteiger partial charge on any atom is 0.155 e. The van der Waals surface area contributed by atoms with E-state index in [2.05, 4.69) is 0 Å². The fourth-order valence-electron chi connectivity index (χ4n) is 1.89. The predicted octanol–water partition coefficient (Wildman–Crippen LogP) is 0.364. The molecule has 0 amide bonds. The fourth-order valence-corrected chi connectivity index (χ4v) is 3.17. The summed E-state index contributed by atoms with van der Waals surface area (Å²) in [5.74, 6) is 0.887. The molecule has 0 radical (unpaired) electrons. The maximum absolute atomic E-state index is 11.6. The molecule has 1 heterocycles. The minimum absolute atomic E-state index is 0.0310. The van der Waals surface area contributed by atoms with Gasteiger partial charge in [0.15, 0.2) is 9.84 Å². The average Bonchev–Trinajstić information content (AvgIpc) is 2.58. The van der Waals surface area contributed by atoms with Gasteiger partial charge in [-0.15, -0.1) is 0 Å². The number of ether oxygens (including phenoxy) is 1. The summed E-state index contributed by atoms with van der Waals surface area (Å²) in [5.41, 5.74) is 6.33. The first-order valence-electron chi connectivity index (χ1n) is 5.26. The lowest BCUT2D eigenvalue weighted by molar-refractivity contribution is 0.256. The van der Waals surface area contributed by atoms with E-state index in [9.17, 15) is 8.42 Å². The highest BCUT2D eigenvalue weighted by molar-refractivity contribution is 7.91. The second kappa shape index (κ2) is 4.43. The second-order valence-electron chi connectivity index (χ2n) is 3.95. The first-order chi connectivity index (χ1) is 7.61. The Hall–Kier alpha value is -1.07. The molecule has 0 aromatic heterocycles. The largest absolute Gasteiger partial charge is 0.489 e. The Kier molecular flexibility index (Phi) is 3.16. The number of fused-ring (bicyclic) bond motifs is 1. The van der Waals surface area contributed by atoms with Gasteiger partial charge in [0, 0.05) is 13.0 Å². The molecule has 88 valence electrons.